The van der Waals surface area contributed by atoms with Gasteiger partial charge in [-0.1, -0.05) is 6.58 Å². The van der Waals surface area contributed by atoms with Crippen LogP contribution in [0.5, 0.6) is 0 Å². The van der Waals surface area contributed by atoms with Crippen LogP contribution in [-0.4, -0.2) is 5.11 Å². The predicted molar refractivity (Wildman–Crippen MR) is 37.9 cm³/mol. The van der Waals surface area contributed by atoms with Gasteiger partial charge in [-0.3, -0.25) is 0 Å². The summed E-state index contributed by atoms with van der Waals surface area (Å²) in [6, 6.07) is 0. The van der Waals surface area contributed by atoms with Gasteiger partial charge in [-0.25, -0.2) is 4.39 Å². The van der Waals surface area contributed by atoms with Gasteiger partial charge in [0, 0.05) is 0 Å². The van der Waals surface area contributed by atoms with Crippen molar-refractivity contribution in [2.75, 3.05) is 0 Å². The van der Waals surface area contributed by atoms with Crippen LogP contribution in [0.25, 0.3) is 0 Å². The summed E-state index contributed by atoms with van der Waals surface area (Å²) in [5, 5.41) is 8.18. The minimum Gasteiger partial charge on any atom is -0.506 e. The van der Waals surface area contributed by atoms with Gasteiger partial charge >= 0.3 is 0 Å². The molecule has 0 aliphatic heterocycles. The van der Waals surface area contributed by atoms with Crippen molar-refractivity contribution >= 4 is 0 Å². The molecule has 0 aromatic rings. The molecule has 0 aliphatic carbocycles. The molecule has 1 nitrogen and oxygen atoms in total. The van der Waals surface area contributed by atoms with Crippen molar-refractivity contribution in [3.05, 3.63) is 37.4 Å². The maximum Gasteiger partial charge on any atom is 0.159 e. The lowest BCUT2D eigenvalue weighted by molar-refractivity contribution is 0.391. The van der Waals surface area contributed by atoms with Gasteiger partial charge in [0.05, 0.1) is 0 Å². The molecule has 0 heterocycles. The third kappa shape index (κ3) is 6.95. The second-order valence-corrected chi connectivity index (χ2v) is 1.08. The summed E-state index contributed by atoms with van der Waals surface area (Å²) in [4.78, 5) is 0. The number of allylic oxidation sites excluding steroid dienone is 2. The Kier molecular flexibility index (Phi) is 8.38. The fraction of sp³-hybridized carbons (Fsp3) is 0.143. The van der Waals surface area contributed by atoms with E-state index in [0.717, 1.165) is 6.08 Å². The number of hydrogen-bond acceptors (Lipinski definition) is 1. The number of aliphatic hydroxyl groups is 1. The van der Waals surface area contributed by atoms with Crippen molar-refractivity contribution < 1.29 is 9.50 Å². The second kappa shape index (κ2) is 6.95. The van der Waals surface area contributed by atoms with Gasteiger partial charge in [0.1, 0.15) is 5.76 Å². The lowest BCUT2D eigenvalue weighted by Crippen LogP contribution is -1.74. The minimum atomic E-state index is -0.667. The molecule has 0 radical (unpaired) electrons. The number of halogens is 1. The normalized spacial score (nSPS) is 9.33. The number of rotatable bonds is 1. The molecule has 0 aliphatic rings. The van der Waals surface area contributed by atoms with Crippen molar-refractivity contribution in [2.45, 2.75) is 6.92 Å². The van der Waals surface area contributed by atoms with Crippen LogP contribution in [0, 0.1) is 0 Å². The van der Waals surface area contributed by atoms with E-state index in [0.29, 0.717) is 0 Å². The monoisotopic (exact) mass is 130 g/mol. The van der Waals surface area contributed by atoms with Crippen molar-refractivity contribution in [1.82, 2.24) is 0 Å². The van der Waals surface area contributed by atoms with Crippen LogP contribution in [0.3, 0.4) is 0 Å². The number of aliphatic hydroxyl groups excluding tert-OH is 1. The highest BCUT2D eigenvalue weighted by Gasteiger charge is 1.90. The van der Waals surface area contributed by atoms with E-state index >= 15 is 0 Å². The summed E-state index contributed by atoms with van der Waals surface area (Å²) < 4.78 is 11.8. The first-order chi connectivity index (χ1) is 4.18. The Bertz CT molecular complexity index is 116. The average Bonchev–Trinajstić information content (AvgIpc) is 1.91. The van der Waals surface area contributed by atoms with E-state index in [1.807, 2.05) is 0 Å². The Balaban J connectivity index is 0. The Morgan fingerprint density at radius 1 is 1.56 bits per heavy atom. The minimum absolute atomic E-state index is 0.512. The molecule has 52 valence electrons. The van der Waals surface area contributed by atoms with Gasteiger partial charge in [-0.15, -0.1) is 13.2 Å². The first-order valence-electron chi connectivity index (χ1n) is 2.38. The molecule has 0 aromatic heterocycles. The summed E-state index contributed by atoms with van der Waals surface area (Å²) >= 11 is 0. The van der Waals surface area contributed by atoms with Crippen LogP contribution >= 0.6 is 0 Å². The zero-order valence-electron chi connectivity index (χ0n) is 5.52. The lowest BCUT2D eigenvalue weighted by atomic mass is 10.4. The summed E-state index contributed by atoms with van der Waals surface area (Å²) in [5.74, 6) is -1.18. The molecular formula is C7H11FO. The van der Waals surface area contributed by atoms with E-state index in [9.17, 15) is 4.39 Å². The van der Waals surface area contributed by atoms with E-state index in [4.69, 9.17) is 5.11 Å². The van der Waals surface area contributed by atoms with Gasteiger partial charge in [-0.2, -0.15) is 0 Å². The third-order valence-electron chi connectivity index (χ3n) is 0.529. The van der Waals surface area contributed by atoms with Crippen molar-refractivity contribution in [3.8, 4) is 0 Å². The van der Waals surface area contributed by atoms with Crippen LogP contribution < -0.4 is 0 Å². The number of hydrogen-bond donors (Lipinski definition) is 1. The Morgan fingerprint density at radius 3 is 1.89 bits per heavy atom. The molecule has 0 unspecified atom stereocenters. The van der Waals surface area contributed by atoms with Crippen LogP contribution in [0.15, 0.2) is 37.4 Å². The van der Waals surface area contributed by atoms with Gasteiger partial charge in [0.2, 0.25) is 0 Å². The van der Waals surface area contributed by atoms with Crippen LogP contribution in [-0.2, 0) is 0 Å². The maximum absolute atomic E-state index is 11.8. The molecule has 0 amide bonds. The Hall–Kier alpha value is -1.05. The molecule has 0 fully saturated rings. The standard InChI is InChI=1S/C5H7FO.C2H4/c1-3-5(6)4(2)7;1-2/h3,7H,2H2,1H3;1-2H2/b5-3+;. The summed E-state index contributed by atoms with van der Waals surface area (Å²) in [7, 11) is 0. The fourth-order valence-corrected chi connectivity index (χ4v) is 0.167. The van der Waals surface area contributed by atoms with Crippen molar-refractivity contribution in [3.63, 3.8) is 0 Å². The summed E-state index contributed by atoms with van der Waals surface area (Å²) in [6.45, 7) is 10.4. The SMILES string of the molecule is C=C.C=C(O)/C(F)=C\C. The van der Waals surface area contributed by atoms with E-state index in [1.54, 1.807) is 0 Å². The summed E-state index contributed by atoms with van der Waals surface area (Å²) in [6.07, 6.45) is 1.14. The molecule has 1 N–H and O–H groups in total. The van der Waals surface area contributed by atoms with Crippen LogP contribution in [0.4, 0.5) is 4.39 Å². The van der Waals surface area contributed by atoms with Crippen LogP contribution in [0.1, 0.15) is 6.92 Å². The average molecular weight is 130 g/mol. The predicted octanol–water partition coefficient (Wildman–Crippen LogP) is 2.73. The van der Waals surface area contributed by atoms with E-state index in [2.05, 4.69) is 19.7 Å². The quantitative estimate of drug-likeness (QED) is 0.328. The van der Waals surface area contributed by atoms with Crippen LogP contribution in [0.2, 0.25) is 0 Å². The molecule has 0 bridgehead atoms. The van der Waals surface area contributed by atoms with Gasteiger partial charge < -0.3 is 5.11 Å². The zero-order valence-corrected chi connectivity index (χ0v) is 5.52. The second-order valence-electron chi connectivity index (χ2n) is 1.08. The third-order valence-corrected chi connectivity index (χ3v) is 0.529. The molecule has 0 saturated carbocycles. The van der Waals surface area contributed by atoms with E-state index < -0.39 is 11.6 Å². The van der Waals surface area contributed by atoms with Gasteiger partial charge in [0.15, 0.2) is 5.83 Å². The van der Waals surface area contributed by atoms with E-state index in [1.165, 1.54) is 6.92 Å². The largest absolute Gasteiger partial charge is 0.506 e. The van der Waals surface area contributed by atoms with Gasteiger partial charge in [-0.05, 0) is 13.0 Å². The molecule has 0 saturated heterocycles. The smallest absolute Gasteiger partial charge is 0.159 e. The highest BCUT2D eigenvalue weighted by molar-refractivity contribution is 5.12. The first kappa shape index (κ1) is 10.8. The summed E-state index contributed by atoms with van der Waals surface area (Å²) in [5.41, 5.74) is 0. The highest BCUT2D eigenvalue weighted by Crippen LogP contribution is 2.02. The molecule has 0 atom stereocenters. The highest BCUT2D eigenvalue weighted by atomic mass is 19.1. The molecule has 2 heteroatoms. The molecule has 9 heavy (non-hydrogen) atoms. The molecule has 0 rings (SSSR count). The van der Waals surface area contributed by atoms with E-state index in [-0.39, 0.29) is 0 Å². The first-order valence-corrected chi connectivity index (χ1v) is 2.38. The lowest BCUT2D eigenvalue weighted by Gasteiger charge is -1.86. The van der Waals surface area contributed by atoms with Gasteiger partial charge in [0.25, 0.3) is 0 Å². The van der Waals surface area contributed by atoms with Crippen molar-refractivity contribution in [1.29, 1.82) is 0 Å². The molecular weight excluding hydrogens is 119 g/mol. The maximum atomic E-state index is 11.8. The Labute approximate surface area is 54.8 Å². The topological polar surface area (TPSA) is 20.2 Å². The Morgan fingerprint density at radius 2 is 1.89 bits per heavy atom. The molecule has 0 aromatic carbocycles. The molecule has 0 spiro atoms. The fourth-order valence-electron chi connectivity index (χ4n) is 0.167. The zero-order chi connectivity index (χ0) is 7.86. The van der Waals surface area contributed by atoms with Crippen molar-refractivity contribution in [2.24, 2.45) is 0 Å².